The first-order valence-electron chi connectivity index (χ1n) is 11.1. The van der Waals surface area contributed by atoms with Gasteiger partial charge in [0.25, 0.3) is 17.4 Å². The molecule has 2 unspecified atom stereocenters. The van der Waals surface area contributed by atoms with Crippen molar-refractivity contribution in [3.63, 3.8) is 0 Å². The fourth-order valence-corrected chi connectivity index (χ4v) is 4.55. The molecular weight excluding hydrogens is 438 g/mol. The van der Waals surface area contributed by atoms with Crippen LogP contribution in [-0.2, 0) is 16.0 Å². The summed E-state index contributed by atoms with van der Waals surface area (Å²) in [7, 11) is 3.81. The van der Waals surface area contributed by atoms with Gasteiger partial charge in [0.15, 0.2) is 0 Å². The van der Waals surface area contributed by atoms with Crippen LogP contribution in [-0.4, -0.2) is 64.8 Å². The predicted octanol–water partition coefficient (Wildman–Crippen LogP) is 3.29. The third kappa shape index (κ3) is 4.38. The highest BCUT2D eigenvalue weighted by Crippen LogP contribution is 2.41. The standard InChI is InChI=1S/C25H27N3O6/c1-15-12-18-13-17(8-9-20(18)34-15)23(29)21-22(16-6-4-7-19(14-16)28(32)33)27(25(31)24(21)30)11-5-10-26(2)3/h4,6-9,13-15,22,29H,5,10-12H2,1-3H3/b23-21-. The Labute approximate surface area is 197 Å². The maximum absolute atomic E-state index is 13.1. The second-order valence-electron chi connectivity index (χ2n) is 8.96. The van der Waals surface area contributed by atoms with Crippen LogP contribution in [0.4, 0.5) is 5.69 Å². The largest absolute Gasteiger partial charge is 0.507 e. The number of Topliss-reactive ketones (excluding diaryl/α,β-unsaturated/α-hetero) is 1. The second-order valence-corrected chi connectivity index (χ2v) is 8.96. The third-order valence-corrected chi connectivity index (χ3v) is 6.11. The highest BCUT2D eigenvalue weighted by atomic mass is 16.6. The Balaban J connectivity index is 1.81. The molecule has 0 spiro atoms. The maximum atomic E-state index is 13.1. The summed E-state index contributed by atoms with van der Waals surface area (Å²) in [4.78, 5) is 40.4. The number of ketones is 1. The van der Waals surface area contributed by atoms with Gasteiger partial charge >= 0.3 is 0 Å². The van der Waals surface area contributed by atoms with Gasteiger partial charge in [-0.3, -0.25) is 19.7 Å². The molecule has 2 heterocycles. The summed E-state index contributed by atoms with van der Waals surface area (Å²) in [5.41, 5.74) is 1.49. The fraction of sp³-hybridized carbons (Fsp3) is 0.360. The van der Waals surface area contributed by atoms with Crippen LogP contribution in [0.25, 0.3) is 5.76 Å². The minimum absolute atomic E-state index is 0.0135. The van der Waals surface area contributed by atoms with Gasteiger partial charge in [-0.25, -0.2) is 0 Å². The van der Waals surface area contributed by atoms with E-state index in [9.17, 15) is 24.8 Å². The molecular formula is C25H27N3O6. The number of fused-ring (bicyclic) bond motifs is 1. The lowest BCUT2D eigenvalue weighted by atomic mass is 9.94. The van der Waals surface area contributed by atoms with Crippen molar-refractivity contribution in [2.24, 2.45) is 0 Å². The number of aliphatic hydroxyl groups excluding tert-OH is 1. The molecule has 1 amide bonds. The van der Waals surface area contributed by atoms with E-state index >= 15 is 0 Å². The number of rotatable bonds is 7. The first-order chi connectivity index (χ1) is 16.2. The number of likely N-dealkylation sites (tertiary alicyclic amines) is 1. The van der Waals surface area contributed by atoms with E-state index in [-0.39, 0.29) is 29.7 Å². The van der Waals surface area contributed by atoms with Gasteiger partial charge in [0.2, 0.25) is 0 Å². The van der Waals surface area contributed by atoms with E-state index in [2.05, 4.69) is 0 Å². The van der Waals surface area contributed by atoms with Crippen LogP contribution < -0.4 is 4.74 Å². The Morgan fingerprint density at radius 1 is 1.24 bits per heavy atom. The highest BCUT2D eigenvalue weighted by Gasteiger charge is 2.46. The van der Waals surface area contributed by atoms with Crippen LogP contribution >= 0.6 is 0 Å². The van der Waals surface area contributed by atoms with Gasteiger partial charge in [-0.1, -0.05) is 12.1 Å². The van der Waals surface area contributed by atoms with Gasteiger partial charge in [0.1, 0.15) is 17.6 Å². The molecule has 0 bridgehead atoms. The van der Waals surface area contributed by atoms with E-state index in [0.29, 0.717) is 30.5 Å². The van der Waals surface area contributed by atoms with Gasteiger partial charge in [-0.15, -0.1) is 0 Å². The summed E-state index contributed by atoms with van der Waals surface area (Å²) in [5.74, 6) is -1.10. The summed E-state index contributed by atoms with van der Waals surface area (Å²) >= 11 is 0. The number of nitro groups is 1. The molecule has 2 aromatic carbocycles. The Morgan fingerprint density at radius 3 is 2.71 bits per heavy atom. The van der Waals surface area contributed by atoms with E-state index < -0.39 is 22.7 Å². The number of amides is 1. The lowest BCUT2D eigenvalue weighted by molar-refractivity contribution is -0.384. The fourth-order valence-electron chi connectivity index (χ4n) is 4.55. The van der Waals surface area contributed by atoms with Crippen LogP contribution in [0.1, 0.15) is 36.1 Å². The highest BCUT2D eigenvalue weighted by molar-refractivity contribution is 6.46. The molecule has 0 saturated carbocycles. The Kier molecular flexibility index (Phi) is 6.39. The van der Waals surface area contributed by atoms with Crippen LogP contribution in [0.5, 0.6) is 5.75 Å². The summed E-state index contributed by atoms with van der Waals surface area (Å²) in [6, 6.07) is 10.1. The van der Waals surface area contributed by atoms with Crippen molar-refractivity contribution in [3.05, 3.63) is 74.8 Å². The molecule has 2 aliphatic rings. The summed E-state index contributed by atoms with van der Waals surface area (Å²) in [5, 5.41) is 22.6. The quantitative estimate of drug-likeness (QED) is 0.219. The molecule has 0 aromatic heterocycles. The van der Waals surface area contributed by atoms with Gasteiger partial charge in [-0.2, -0.15) is 0 Å². The van der Waals surface area contributed by atoms with Crippen LogP contribution in [0.2, 0.25) is 0 Å². The number of ether oxygens (including phenoxy) is 1. The lowest BCUT2D eigenvalue weighted by Gasteiger charge is -2.25. The van der Waals surface area contributed by atoms with E-state index in [4.69, 9.17) is 4.74 Å². The maximum Gasteiger partial charge on any atom is 0.295 e. The monoisotopic (exact) mass is 465 g/mol. The number of carbonyl (C=O) groups is 2. The number of nitro benzene ring substituents is 1. The normalized spacial score (nSPS) is 21.1. The zero-order valence-electron chi connectivity index (χ0n) is 19.4. The zero-order valence-corrected chi connectivity index (χ0v) is 19.4. The molecule has 1 N–H and O–H groups in total. The minimum Gasteiger partial charge on any atom is -0.507 e. The summed E-state index contributed by atoms with van der Waals surface area (Å²) in [6.07, 6.45) is 1.28. The van der Waals surface area contributed by atoms with Crippen molar-refractivity contribution in [2.45, 2.75) is 31.9 Å². The lowest BCUT2D eigenvalue weighted by Crippen LogP contribution is -2.32. The van der Waals surface area contributed by atoms with Crippen molar-refractivity contribution in [1.82, 2.24) is 9.80 Å². The smallest absolute Gasteiger partial charge is 0.295 e. The average molecular weight is 466 g/mol. The van der Waals surface area contributed by atoms with Crippen molar-refractivity contribution < 1.29 is 24.4 Å². The Morgan fingerprint density at radius 2 is 2.00 bits per heavy atom. The molecule has 9 nitrogen and oxygen atoms in total. The Hall–Kier alpha value is -3.72. The molecule has 178 valence electrons. The van der Waals surface area contributed by atoms with Crippen LogP contribution in [0.15, 0.2) is 48.0 Å². The number of carbonyl (C=O) groups excluding carboxylic acids is 2. The SMILES string of the molecule is CC1Cc2cc(/C(O)=C3/C(=O)C(=O)N(CCCN(C)C)C3c3cccc([N+](=O)[O-])c3)ccc2O1. The first-order valence-corrected chi connectivity index (χ1v) is 11.1. The molecule has 9 heteroatoms. The van der Waals surface area contributed by atoms with Crippen molar-refractivity contribution in [1.29, 1.82) is 0 Å². The van der Waals surface area contributed by atoms with Crippen molar-refractivity contribution >= 4 is 23.1 Å². The average Bonchev–Trinajstić information content (AvgIpc) is 3.29. The topological polar surface area (TPSA) is 113 Å². The van der Waals surface area contributed by atoms with E-state index in [1.165, 1.54) is 23.1 Å². The molecule has 2 aliphatic heterocycles. The van der Waals surface area contributed by atoms with Crippen molar-refractivity contribution in [2.75, 3.05) is 27.2 Å². The molecule has 0 radical (unpaired) electrons. The predicted molar refractivity (Wildman–Crippen MR) is 126 cm³/mol. The summed E-state index contributed by atoms with van der Waals surface area (Å²) in [6.45, 7) is 2.90. The molecule has 1 saturated heterocycles. The molecule has 4 rings (SSSR count). The van der Waals surface area contributed by atoms with Crippen molar-refractivity contribution in [3.8, 4) is 5.75 Å². The number of nitrogens with zero attached hydrogens (tertiary/aromatic N) is 3. The van der Waals surface area contributed by atoms with E-state index in [0.717, 1.165) is 11.3 Å². The third-order valence-electron chi connectivity index (χ3n) is 6.11. The first kappa shape index (κ1) is 23.4. The number of non-ortho nitro benzene ring substituents is 1. The van der Waals surface area contributed by atoms with E-state index in [1.54, 1.807) is 24.3 Å². The van der Waals surface area contributed by atoms with Crippen LogP contribution in [0, 0.1) is 10.1 Å². The van der Waals surface area contributed by atoms with Gasteiger partial charge in [0.05, 0.1) is 16.5 Å². The number of aliphatic hydroxyl groups is 1. The number of hydrogen-bond acceptors (Lipinski definition) is 7. The van der Waals surface area contributed by atoms with Gasteiger partial charge < -0.3 is 19.6 Å². The van der Waals surface area contributed by atoms with Gasteiger partial charge in [-0.05, 0) is 63.3 Å². The summed E-state index contributed by atoms with van der Waals surface area (Å²) < 4.78 is 5.72. The number of benzene rings is 2. The van der Waals surface area contributed by atoms with Crippen LogP contribution in [0.3, 0.4) is 0 Å². The van der Waals surface area contributed by atoms with E-state index in [1.807, 2.05) is 25.9 Å². The van der Waals surface area contributed by atoms with Gasteiger partial charge in [0, 0.05) is 30.7 Å². The molecule has 2 aromatic rings. The molecule has 2 atom stereocenters. The number of hydrogen-bond donors (Lipinski definition) is 1. The Bertz CT molecular complexity index is 1190. The molecule has 34 heavy (non-hydrogen) atoms. The molecule has 1 fully saturated rings. The molecule has 0 aliphatic carbocycles. The second kappa shape index (κ2) is 9.26. The zero-order chi connectivity index (χ0) is 24.6. The minimum atomic E-state index is -0.925.